The molecule has 1 nitrogen and oxygen atoms in total. The second-order valence-corrected chi connectivity index (χ2v) is 5.43. The van der Waals surface area contributed by atoms with Crippen LogP contribution in [0.4, 0.5) is 0 Å². The molecule has 2 aromatic carbocycles. The first-order valence-electron chi connectivity index (χ1n) is 5.69. The van der Waals surface area contributed by atoms with E-state index in [0.29, 0.717) is 5.88 Å². The molecular weight excluding hydrogens is 312 g/mol. The van der Waals surface area contributed by atoms with Crippen LogP contribution in [0.15, 0.2) is 40.9 Å². The normalized spacial score (nSPS) is 10.4. The Bertz CT molecular complexity index is 546. The molecule has 0 spiro atoms. The molecule has 0 radical (unpaired) electrons. The van der Waals surface area contributed by atoms with E-state index in [1.54, 1.807) is 0 Å². The van der Waals surface area contributed by atoms with Gasteiger partial charge in [0.05, 0.1) is 0 Å². The van der Waals surface area contributed by atoms with Crippen LogP contribution in [0.2, 0.25) is 0 Å². The van der Waals surface area contributed by atoms with Crippen molar-refractivity contribution in [2.45, 2.75) is 19.7 Å². The number of halogens is 2. The lowest BCUT2D eigenvalue weighted by Crippen LogP contribution is -1.88. The Labute approximate surface area is 121 Å². The number of rotatable bonds is 3. The van der Waals surface area contributed by atoms with Crippen molar-refractivity contribution in [3.8, 4) is 11.5 Å². The molecule has 94 valence electrons. The SMILES string of the molecule is Cc1cc(C)cc(Oc2ccc(CCl)c(Br)c2)c1. The van der Waals surface area contributed by atoms with Crippen LogP contribution in [0.1, 0.15) is 16.7 Å². The van der Waals surface area contributed by atoms with Crippen molar-refractivity contribution < 1.29 is 4.74 Å². The predicted octanol–water partition coefficient (Wildman–Crippen LogP) is 5.60. The molecule has 2 aromatic rings. The van der Waals surface area contributed by atoms with Crippen LogP contribution in [0, 0.1) is 13.8 Å². The standard InChI is InChI=1S/C15H14BrClO/c1-10-5-11(2)7-14(6-10)18-13-4-3-12(9-17)15(16)8-13/h3-8H,9H2,1-2H3. The molecule has 0 amide bonds. The van der Waals surface area contributed by atoms with Crippen molar-refractivity contribution >= 4 is 27.5 Å². The highest BCUT2D eigenvalue weighted by molar-refractivity contribution is 9.10. The van der Waals surface area contributed by atoms with Gasteiger partial charge in [-0.2, -0.15) is 0 Å². The van der Waals surface area contributed by atoms with Crippen LogP contribution in [-0.2, 0) is 5.88 Å². The number of hydrogen-bond donors (Lipinski definition) is 0. The summed E-state index contributed by atoms with van der Waals surface area (Å²) < 4.78 is 6.82. The summed E-state index contributed by atoms with van der Waals surface area (Å²) in [6, 6.07) is 12.0. The fraction of sp³-hybridized carbons (Fsp3) is 0.200. The first-order valence-corrected chi connectivity index (χ1v) is 7.02. The lowest BCUT2D eigenvalue weighted by molar-refractivity contribution is 0.481. The molecule has 0 aliphatic heterocycles. The maximum Gasteiger partial charge on any atom is 0.128 e. The van der Waals surface area contributed by atoms with Crippen molar-refractivity contribution in [2.24, 2.45) is 0 Å². The monoisotopic (exact) mass is 324 g/mol. The minimum Gasteiger partial charge on any atom is -0.457 e. The van der Waals surface area contributed by atoms with E-state index in [0.717, 1.165) is 21.5 Å². The molecule has 0 aromatic heterocycles. The zero-order valence-corrected chi connectivity index (χ0v) is 12.7. The summed E-state index contributed by atoms with van der Waals surface area (Å²) in [5.41, 5.74) is 3.45. The molecule has 2 rings (SSSR count). The van der Waals surface area contributed by atoms with Gasteiger partial charge in [-0.1, -0.05) is 28.1 Å². The molecule has 0 aliphatic rings. The Morgan fingerprint density at radius 1 is 1.00 bits per heavy atom. The van der Waals surface area contributed by atoms with Crippen LogP contribution in [-0.4, -0.2) is 0 Å². The summed E-state index contributed by atoms with van der Waals surface area (Å²) in [5, 5.41) is 0. The summed E-state index contributed by atoms with van der Waals surface area (Å²) in [7, 11) is 0. The van der Waals surface area contributed by atoms with Crippen molar-refractivity contribution in [3.63, 3.8) is 0 Å². The summed E-state index contributed by atoms with van der Waals surface area (Å²) in [5.74, 6) is 2.16. The molecule has 0 bridgehead atoms. The van der Waals surface area contributed by atoms with Gasteiger partial charge in [-0.3, -0.25) is 0 Å². The second-order valence-electron chi connectivity index (χ2n) is 4.31. The van der Waals surface area contributed by atoms with Gasteiger partial charge in [0, 0.05) is 10.4 Å². The van der Waals surface area contributed by atoms with Gasteiger partial charge in [0.15, 0.2) is 0 Å². The van der Waals surface area contributed by atoms with Crippen LogP contribution in [0.5, 0.6) is 11.5 Å². The Morgan fingerprint density at radius 2 is 1.67 bits per heavy atom. The smallest absolute Gasteiger partial charge is 0.128 e. The van der Waals surface area contributed by atoms with E-state index in [1.807, 2.05) is 30.3 Å². The van der Waals surface area contributed by atoms with E-state index in [1.165, 1.54) is 11.1 Å². The van der Waals surface area contributed by atoms with Gasteiger partial charge in [-0.05, 0) is 54.8 Å². The van der Waals surface area contributed by atoms with Gasteiger partial charge < -0.3 is 4.74 Å². The largest absolute Gasteiger partial charge is 0.457 e. The Balaban J connectivity index is 2.25. The Morgan fingerprint density at radius 3 is 2.22 bits per heavy atom. The summed E-state index contributed by atoms with van der Waals surface area (Å²) in [4.78, 5) is 0. The first kappa shape index (κ1) is 13.4. The fourth-order valence-electron chi connectivity index (χ4n) is 1.83. The van der Waals surface area contributed by atoms with Crippen LogP contribution >= 0.6 is 27.5 Å². The van der Waals surface area contributed by atoms with E-state index in [2.05, 4.69) is 35.8 Å². The highest BCUT2D eigenvalue weighted by Crippen LogP contribution is 2.28. The molecule has 0 unspecified atom stereocenters. The molecule has 0 saturated heterocycles. The predicted molar refractivity (Wildman–Crippen MR) is 79.7 cm³/mol. The van der Waals surface area contributed by atoms with Gasteiger partial charge in [0.1, 0.15) is 11.5 Å². The van der Waals surface area contributed by atoms with Gasteiger partial charge >= 0.3 is 0 Å². The summed E-state index contributed by atoms with van der Waals surface area (Å²) in [6.45, 7) is 4.12. The van der Waals surface area contributed by atoms with E-state index >= 15 is 0 Å². The number of aryl methyl sites for hydroxylation is 2. The van der Waals surface area contributed by atoms with Crippen molar-refractivity contribution in [1.29, 1.82) is 0 Å². The zero-order valence-electron chi connectivity index (χ0n) is 10.3. The van der Waals surface area contributed by atoms with Crippen LogP contribution in [0.25, 0.3) is 0 Å². The van der Waals surface area contributed by atoms with Crippen molar-refractivity contribution in [2.75, 3.05) is 0 Å². The van der Waals surface area contributed by atoms with Crippen LogP contribution < -0.4 is 4.74 Å². The number of benzene rings is 2. The lowest BCUT2D eigenvalue weighted by atomic mass is 10.1. The maximum atomic E-state index is 5.85. The molecular formula is C15H14BrClO. The molecule has 3 heteroatoms. The minimum atomic E-state index is 0.490. The molecule has 0 aliphatic carbocycles. The molecule has 0 heterocycles. The third-order valence-electron chi connectivity index (χ3n) is 2.60. The number of alkyl halides is 1. The molecule has 0 N–H and O–H groups in total. The first-order chi connectivity index (χ1) is 8.58. The van der Waals surface area contributed by atoms with E-state index in [9.17, 15) is 0 Å². The topological polar surface area (TPSA) is 9.23 Å². The zero-order chi connectivity index (χ0) is 13.1. The molecule has 0 fully saturated rings. The average molecular weight is 326 g/mol. The fourth-order valence-corrected chi connectivity index (χ4v) is 2.72. The van der Waals surface area contributed by atoms with Gasteiger partial charge in [0.25, 0.3) is 0 Å². The maximum absolute atomic E-state index is 5.85. The lowest BCUT2D eigenvalue weighted by Gasteiger charge is -2.09. The molecule has 0 atom stereocenters. The van der Waals surface area contributed by atoms with Crippen molar-refractivity contribution in [1.82, 2.24) is 0 Å². The number of hydrogen-bond acceptors (Lipinski definition) is 1. The number of ether oxygens (including phenoxy) is 1. The molecule has 0 saturated carbocycles. The van der Waals surface area contributed by atoms with Gasteiger partial charge in [0.2, 0.25) is 0 Å². The molecule has 18 heavy (non-hydrogen) atoms. The van der Waals surface area contributed by atoms with E-state index in [-0.39, 0.29) is 0 Å². The van der Waals surface area contributed by atoms with Crippen molar-refractivity contribution in [3.05, 3.63) is 57.6 Å². The van der Waals surface area contributed by atoms with E-state index < -0.39 is 0 Å². The highest BCUT2D eigenvalue weighted by atomic mass is 79.9. The average Bonchev–Trinajstić information content (AvgIpc) is 2.27. The van der Waals surface area contributed by atoms with Gasteiger partial charge in [-0.25, -0.2) is 0 Å². The summed E-state index contributed by atoms with van der Waals surface area (Å²) >= 11 is 9.30. The third kappa shape index (κ3) is 3.27. The Kier molecular flexibility index (Phi) is 4.31. The highest BCUT2D eigenvalue weighted by Gasteiger charge is 2.03. The van der Waals surface area contributed by atoms with Crippen LogP contribution in [0.3, 0.4) is 0 Å². The Hall–Kier alpha value is -0.990. The minimum absolute atomic E-state index is 0.490. The summed E-state index contributed by atoms with van der Waals surface area (Å²) in [6.07, 6.45) is 0. The third-order valence-corrected chi connectivity index (χ3v) is 3.63. The van der Waals surface area contributed by atoms with E-state index in [4.69, 9.17) is 16.3 Å². The quantitative estimate of drug-likeness (QED) is 0.668. The second kappa shape index (κ2) is 5.77. The van der Waals surface area contributed by atoms with Gasteiger partial charge in [-0.15, -0.1) is 11.6 Å².